The van der Waals surface area contributed by atoms with E-state index in [1.807, 2.05) is 0 Å². The van der Waals surface area contributed by atoms with Crippen molar-refractivity contribution in [2.45, 2.75) is 13.0 Å². The first-order chi connectivity index (χ1) is 14.1. The van der Waals surface area contributed by atoms with Gasteiger partial charge in [-0.25, -0.2) is 9.37 Å². The average Bonchev–Trinajstić information content (AvgIpc) is 2.88. The third kappa shape index (κ3) is 3.92. The number of hydrogen-bond acceptors (Lipinski definition) is 6. The van der Waals surface area contributed by atoms with Gasteiger partial charge in [0.15, 0.2) is 5.75 Å². The molecule has 0 bridgehead atoms. The summed E-state index contributed by atoms with van der Waals surface area (Å²) in [6.07, 6.45) is 2.43. The van der Waals surface area contributed by atoms with Gasteiger partial charge in [0, 0.05) is 37.5 Å². The van der Waals surface area contributed by atoms with Crippen molar-refractivity contribution in [1.82, 2.24) is 19.6 Å². The minimum atomic E-state index is -0.474. The molecule has 0 atom stereocenters. The van der Waals surface area contributed by atoms with E-state index in [0.717, 1.165) is 38.3 Å². The lowest BCUT2D eigenvalue weighted by molar-refractivity contribution is -0.385. The molecule has 29 heavy (non-hydrogen) atoms. The Morgan fingerprint density at radius 2 is 2.14 bits per heavy atom. The average molecular weight is 399 g/mol. The van der Waals surface area contributed by atoms with Gasteiger partial charge in [0.05, 0.1) is 23.4 Å². The van der Waals surface area contributed by atoms with Gasteiger partial charge >= 0.3 is 5.69 Å². The van der Waals surface area contributed by atoms with Gasteiger partial charge in [-0.15, -0.1) is 0 Å². The Kier molecular flexibility index (Phi) is 5.41. The fourth-order valence-electron chi connectivity index (χ4n) is 3.70. The molecule has 9 heteroatoms. The van der Waals surface area contributed by atoms with E-state index in [1.165, 1.54) is 25.4 Å². The predicted octanol–water partition coefficient (Wildman–Crippen LogP) is 2.85. The van der Waals surface area contributed by atoms with Crippen LogP contribution in [0.3, 0.4) is 0 Å². The van der Waals surface area contributed by atoms with Crippen LogP contribution < -0.4 is 10.1 Å². The van der Waals surface area contributed by atoms with Crippen molar-refractivity contribution in [3.63, 3.8) is 0 Å². The molecule has 2 aromatic heterocycles. The summed E-state index contributed by atoms with van der Waals surface area (Å²) in [5.74, 6) is -0.172. The predicted molar refractivity (Wildman–Crippen MR) is 107 cm³/mol. The molecule has 1 aromatic carbocycles. The van der Waals surface area contributed by atoms with E-state index >= 15 is 0 Å². The molecule has 0 aliphatic carbocycles. The second-order valence-electron chi connectivity index (χ2n) is 7.01. The van der Waals surface area contributed by atoms with Crippen molar-refractivity contribution in [2.24, 2.45) is 0 Å². The summed E-state index contributed by atoms with van der Waals surface area (Å²) in [5.41, 5.74) is 2.49. The normalized spacial score (nSPS) is 15.4. The summed E-state index contributed by atoms with van der Waals surface area (Å²) in [7, 11) is 1.40. The Bertz CT molecular complexity index is 1040. The highest BCUT2D eigenvalue weighted by Crippen LogP contribution is 2.34. The number of imidazole rings is 1. The number of nitro benzene ring substituents is 1. The van der Waals surface area contributed by atoms with Crippen molar-refractivity contribution in [1.29, 1.82) is 0 Å². The number of hydrogen-bond donors (Lipinski definition) is 1. The Balaban J connectivity index is 1.83. The number of fused-ring (bicyclic) bond motifs is 1. The van der Waals surface area contributed by atoms with Gasteiger partial charge in [-0.1, -0.05) is 0 Å². The fraction of sp³-hybridized carbons (Fsp3) is 0.350. The van der Waals surface area contributed by atoms with Crippen LogP contribution in [0.5, 0.6) is 5.75 Å². The molecule has 1 aliphatic heterocycles. The second-order valence-corrected chi connectivity index (χ2v) is 7.01. The Morgan fingerprint density at radius 1 is 1.28 bits per heavy atom. The van der Waals surface area contributed by atoms with Gasteiger partial charge < -0.3 is 10.1 Å². The van der Waals surface area contributed by atoms with E-state index in [9.17, 15) is 14.5 Å². The summed E-state index contributed by atoms with van der Waals surface area (Å²) in [4.78, 5) is 17.9. The third-order valence-corrected chi connectivity index (χ3v) is 5.14. The van der Waals surface area contributed by atoms with Crippen LogP contribution in [0.2, 0.25) is 0 Å². The zero-order valence-corrected chi connectivity index (χ0v) is 16.1. The summed E-state index contributed by atoms with van der Waals surface area (Å²) < 4.78 is 20.8. The molecule has 1 aliphatic rings. The number of rotatable bonds is 5. The molecule has 0 radical (unpaired) electrons. The molecule has 0 saturated carbocycles. The molecule has 1 N–H and O–H groups in total. The monoisotopic (exact) mass is 399 g/mol. The smallest absolute Gasteiger partial charge is 0.311 e. The molecule has 4 rings (SSSR count). The maximum Gasteiger partial charge on any atom is 0.311 e. The largest absolute Gasteiger partial charge is 0.490 e. The molecule has 1 saturated heterocycles. The molecule has 152 valence electrons. The maximum atomic E-state index is 14.0. The van der Waals surface area contributed by atoms with Crippen LogP contribution in [-0.4, -0.2) is 52.5 Å². The van der Waals surface area contributed by atoms with E-state index in [4.69, 9.17) is 4.74 Å². The van der Waals surface area contributed by atoms with Gasteiger partial charge in [0.1, 0.15) is 11.5 Å². The quantitative estimate of drug-likeness (QED) is 0.525. The van der Waals surface area contributed by atoms with Crippen LogP contribution in [0.4, 0.5) is 10.1 Å². The van der Waals surface area contributed by atoms with Gasteiger partial charge in [0.2, 0.25) is 0 Å². The number of nitro groups is 1. The molecule has 0 spiro atoms. The van der Waals surface area contributed by atoms with Crippen LogP contribution in [0.1, 0.15) is 12.1 Å². The van der Waals surface area contributed by atoms with E-state index in [-0.39, 0.29) is 17.3 Å². The standard InChI is InChI=1S/C20H22FN5O3/c1-29-18-5-3-14(11-16(18)26(27)28)20-17(13-24-9-2-7-22-8-10-24)25-12-15(21)4-6-19(25)23-20/h3-6,11-12,22H,2,7-10,13H2,1H3. The molecular weight excluding hydrogens is 377 g/mol. The highest BCUT2D eigenvalue weighted by atomic mass is 19.1. The minimum Gasteiger partial charge on any atom is -0.490 e. The van der Waals surface area contributed by atoms with Crippen molar-refractivity contribution in [3.8, 4) is 17.0 Å². The third-order valence-electron chi connectivity index (χ3n) is 5.14. The van der Waals surface area contributed by atoms with Crippen LogP contribution in [-0.2, 0) is 6.54 Å². The Morgan fingerprint density at radius 3 is 2.93 bits per heavy atom. The molecule has 0 amide bonds. The Labute approximate surface area is 167 Å². The Hall–Kier alpha value is -3.04. The summed E-state index contributed by atoms with van der Waals surface area (Å²) in [5, 5.41) is 14.8. The van der Waals surface area contributed by atoms with E-state index < -0.39 is 4.92 Å². The zero-order valence-electron chi connectivity index (χ0n) is 16.1. The van der Waals surface area contributed by atoms with Crippen LogP contribution in [0.15, 0.2) is 36.5 Å². The number of methoxy groups -OCH3 is 1. The minimum absolute atomic E-state index is 0.127. The maximum absolute atomic E-state index is 14.0. The summed E-state index contributed by atoms with van der Waals surface area (Å²) >= 11 is 0. The number of benzene rings is 1. The summed E-state index contributed by atoms with van der Waals surface area (Å²) in [6, 6.07) is 7.76. The van der Waals surface area contributed by atoms with E-state index in [0.29, 0.717) is 23.4 Å². The van der Waals surface area contributed by atoms with Gasteiger partial charge in [-0.2, -0.15) is 0 Å². The van der Waals surface area contributed by atoms with Gasteiger partial charge in [-0.3, -0.25) is 19.4 Å². The van der Waals surface area contributed by atoms with Gasteiger partial charge in [0.25, 0.3) is 0 Å². The first-order valence-corrected chi connectivity index (χ1v) is 9.49. The highest BCUT2D eigenvalue weighted by Gasteiger charge is 2.22. The lowest BCUT2D eigenvalue weighted by atomic mass is 10.1. The summed E-state index contributed by atoms with van der Waals surface area (Å²) in [6.45, 7) is 4.20. The molecular formula is C20H22FN5O3. The number of nitrogens with one attached hydrogen (secondary N) is 1. The molecule has 3 aromatic rings. The van der Waals surface area contributed by atoms with Crippen molar-refractivity contribution in [2.75, 3.05) is 33.3 Å². The van der Waals surface area contributed by atoms with Crippen molar-refractivity contribution >= 4 is 11.3 Å². The van der Waals surface area contributed by atoms with Crippen molar-refractivity contribution in [3.05, 3.63) is 58.2 Å². The van der Waals surface area contributed by atoms with Crippen molar-refractivity contribution < 1.29 is 14.1 Å². The molecule has 3 heterocycles. The van der Waals surface area contributed by atoms with Gasteiger partial charge in [-0.05, 0) is 43.8 Å². The SMILES string of the molecule is COc1ccc(-c2nc3ccc(F)cn3c2CN2CCCNCC2)cc1[N+](=O)[O-]. The topological polar surface area (TPSA) is 84.9 Å². The van der Waals surface area contributed by atoms with E-state index in [2.05, 4.69) is 15.2 Å². The molecule has 0 unspecified atom stereocenters. The number of halogens is 1. The zero-order chi connectivity index (χ0) is 20.4. The first-order valence-electron chi connectivity index (χ1n) is 9.49. The lowest BCUT2D eigenvalue weighted by Crippen LogP contribution is -2.28. The van der Waals surface area contributed by atoms with E-state index in [1.54, 1.807) is 22.6 Å². The highest BCUT2D eigenvalue weighted by molar-refractivity contribution is 5.70. The fourth-order valence-corrected chi connectivity index (χ4v) is 3.70. The number of aromatic nitrogens is 2. The van der Waals surface area contributed by atoms with Crippen LogP contribution >= 0.6 is 0 Å². The van der Waals surface area contributed by atoms with Crippen LogP contribution in [0.25, 0.3) is 16.9 Å². The van der Waals surface area contributed by atoms with Crippen LogP contribution in [0, 0.1) is 15.9 Å². The molecule has 8 nitrogen and oxygen atoms in total. The number of ether oxygens (including phenoxy) is 1. The second kappa shape index (κ2) is 8.14. The lowest BCUT2D eigenvalue weighted by Gasteiger charge is -2.20. The number of nitrogens with zero attached hydrogens (tertiary/aromatic N) is 4. The molecule has 1 fully saturated rings. The first kappa shape index (κ1) is 19.3. The number of pyridine rings is 1.